The summed E-state index contributed by atoms with van der Waals surface area (Å²) < 4.78 is 1.77. The Labute approximate surface area is 639 Å². The molecule has 0 aliphatic heterocycles. The predicted molar refractivity (Wildman–Crippen MR) is 448 cm³/mol. The van der Waals surface area contributed by atoms with E-state index in [4.69, 9.17) is 60.3 Å². The van der Waals surface area contributed by atoms with Gasteiger partial charge in [-0.25, -0.2) is 34.9 Å². The van der Waals surface area contributed by atoms with Crippen molar-refractivity contribution in [3.05, 3.63) is 357 Å². The number of H-pyrrole nitrogens is 1. The summed E-state index contributed by atoms with van der Waals surface area (Å²) in [5.41, 5.74) is 39.1. The number of alkyl halides is 2. The van der Waals surface area contributed by atoms with Crippen LogP contribution >= 0.6 is 23.2 Å². The van der Waals surface area contributed by atoms with Crippen LogP contribution in [0.1, 0.15) is 78.7 Å². The van der Waals surface area contributed by atoms with E-state index in [0.717, 1.165) is 116 Å². The highest BCUT2D eigenvalue weighted by molar-refractivity contribution is 6.26. The van der Waals surface area contributed by atoms with Gasteiger partial charge in [0.25, 0.3) is 0 Å². The third-order valence-electron chi connectivity index (χ3n) is 18.5. The second kappa shape index (κ2) is 33.9. The van der Waals surface area contributed by atoms with Gasteiger partial charge in [0.2, 0.25) is 5.88 Å². The summed E-state index contributed by atoms with van der Waals surface area (Å²) in [5, 5.41) is 36.8. The Morgan fingerprint density at radius 2 is 0.927 bits per heavy atom. The molecule has 0 radical (unpaired) electrons. The molecule has 0 aliphatic rings. The number of hydrogen-bond donors (Lipinski definition) is 7. The van der Waals surface area contributed by atoms with Crippen molar-refractivity contribution in [2.75, 3.05) is 29.0 Å². The number of imidazole rings is 1. The van der Waals surface area contributed by atoms with Gasteiger partial charge < -0.3 is 37.5 Å². The number of phenols is 2. The lowest BCUT2D eigenvalue weighted by molar-refractivity contribution is 0.444. The minimum atomic E-state index is 0.00441. The number of anilines is 3. The van der Waals surface area contributed by atoms with Crippen LogP contribution in [0.3, 0.4) is 0 Å². The first-order valence-electron chi connectivity index (χ1n) is 35.4. The zero-order chi connectivity index (χ0) is 76.1. The smallest absolute Gasteiger partial charge is 0.220 e. The number of phenolic OH excluding ortho intramolecular Hbond substituents is 2. The number of aryl methyl sites for hydroxylation is 2. The van der Waals surface area contributed by atoms with Crippen molar-refractivity contribution in [3.63, 3.8) is 0 Å². The highest BCUT2D eigenvalue weighted by Gasteiger charge is 2.22. The van der Waals surface area contributed by atoms with Gasteiger partial charge in [0.05, 0.1) is 67.3 Å². The van der Waals surface area contributed by atoms with Gasteiger partial charge in [-0.2, -0.15) is 0 Å². The number of aromatic nitrogens is 9. The molecule has 0 unspecified atom stereocenters. The number of nitrogen functional groups attached to an aromatic ring is 3. The monoisotopic (exact) mass is 1470 g/mol. The largest absolute Gasteiger partial charge is 0.508 e. The molecule has 0 aliphatic carbocycles. The molecular weight excluding hydrogens is 1400 g/mol. The molecule has 10 N–H and O–H groups in total. The van der Waals surface area contributed by atoms with Crippen molar-refractivity contribution >= 4 is 124 Å². The van der Waals surface area contributed by atoms with Gasteiger partial charge in [-0.3, -0.25) is 9.20 Å². The fourth-order valence-corrected chi connectivity index (χ4v) is 13.1. The highest BCUT2D eigenvalue weighted by Crippen LogP contribution is 2.36. The topological polar surface area (TPSA) is 266 Å². The van der Waals surface area contributed by atoms with E-state index < -0.39 is 0 Å². The Balaban J connectivity index is 0.000000127. The van der Waals surface area contributed by atoms with Crippen molar-refractivity contribution in [1.29, 1.82) is 0 Å². The molecule has 5 aromatic heterocycles. The van der Waals surface area contributed by atoms with Gasteiger partial charge in [-0.05, 0) is 136 Å². The summed E-state index contributed by atoms with van der Waals surface area (Å²) in [6.45, 7) is 11.9. The lowest BCUT2D eigenvalue weighted by atomic mass is 9.99. The summed E-state index contributed by atoms with van der Waals surface area (Å²) in [6.07, 6.45) is 6.52. The van der Waals surface area contributed by atoms with E-state index >= 15 is 0 Å². The number of nitrogens with one attached hydrogen (secondary N) is 1. The normalized spacial score (nSPS) is 11.0. The Morgan fingerprint density at radius 3 is 1.56 bits per heavy atom. The number of halogens is 2. The Bertz CT molecular complexity index is 6220. The number of nitrogens with zero attached hydrogens (tertiary/aromatic N) is 8. The van der Waals surface area contributed by atoms with Crippen LogP contribution in [0.5, 0.6) is 17.4 Å². The van der Waals surface area contributed by atoms with Crippen molar-refractivity contribution in [2.24, 2.45) is 0 Å². The second-order valence-corrected chi connectivity index (χ2v) is 27.0. The maximum Gasteiger partial charge on any atom is 0.220 e. The third-order valence-corrected chi connectivity index (χ3v) is 19.0. The van der Waals surface area contributed by atoms with Crippen molar-refractivity contribution in [3.8, 4) is 28.6 Å². The van der Waals surface area contributed by atoms with Crippen molar-refractivity contribution in [1.82, 2.24) is 44.3 Å². The zero-order valence-corrected chi connectivity index (χ0v) is 61.6. The first-order valence-corrected chi connectivity index (χ1v) is 36.5. The molecule has 17 aromatic rings. The van der Waals surface area contributed by atoms with Crippen LogP contribution in [0.25, 0.3) is 94.5 Å². The Morgan fingerprint density at radius 1 is 0.431 bits per heavy atom. The molecule has 5 heterocycles. The van der Waals surface area contributed by atoms with Crippen molar-refractivity contribution < 1.29 is 15.3 Å². The van der Waals surface area contributed by atoms with Gasteiger partial charge in [-0.1, -0.05) is 218 Å². The molecule has 0 bridgehead atoms. The molecule has 0 fully saturated rings. The lowest BCUT2D eigenvalue weighted by Crippen LogP contribution is -2.06. The van der Waals surface area contributed by atoms with Crippen LogP contribution in [0.15, 0.2) is 273 Å². The lowest BCUT2D eigenvalue weighted by Gasteiger charge is -2.13. The number of hydrogen-bond acceptors (Lipinski definition) is 14. The van der Waals surface area contributed by atoms with Crippen LogP contribution in [0, 0.1) is 13.8 Å². The van der Waals surface area contributed by atoms with E-state index in [9.17, 15) is 20.1 Å². The minimum Gasteiger partial charge on any atom is -0.508 e. The summed E-state index contributed by atoms with van der Waals surface area (Å²) in [6, 6.07) is 81.9. The fourth-order valence-electron chi connectivity index (χ4n) is 13.1. The number of aromatic amines is 1. The number of rotatable bonds is 14. The van der Waals surface area contributed by atoms with Crippen LogP contribution < -0.4 is 22.6 Å². The Hall–Kier alpha value is -13.3. The summed E-state index contributed by atoms with van der Waals surface area (Å²) in [4.78, 5) is 48.1. The molecule has 0 saturated heterocycles. The van der Waals surface area contributed by atoms with Gasteiger partial charge >= 0.3 is 0 Å². The maximum atomic E-state index is 11.5. The number of fused-ring (bicyclic) bond motifs is 11. The third kappa shape index (κ3) is 17.3. The van der Waals surface area contributed by atoms with Crippen LogP contribution in [0.4, 0.5) is 17.5 Å². The van der Waals surface area contributed by atoms with E-state index in [0.29, 0.717) is 78.4 Å². The number of nitrogens with two attached hydrogens (primary N) is 3. The predicted octanol–water partition coefficient (Wildman–Crippen LogP) is 19.2. The molecule has 0 saturated carbocycles. The quantitative estimate of drug-likeness (QED) is 0.0394. The van der Waals surface area contributed by atoms with E-state index in [2.05, 4.69) is 120 Å². The summed E-state index contributed by atoms with van der Waals surface area (Å²) in [5.74, 6) is 3.02. The Kier molecular flexibility index (Phi) is 23.0. The van der Waals surface area contributed by atoms with E-state index in [-0.39, 0.29) is 22.8 Å². The van der Waals surface area contributed by atoms with E-state index in [1.54, 1.807) is 46.9 Å². The standard InChI is InChI=1S/C28H21N3O3.C22H21N3.C20H17N3.C19H15N3O.C2H4Cl2/c32-20-9-6-18(7-10-20)15-24-28(34)31-25-13-8-19-16-21(33)11-12-22(19)26(25)29-23(27(31)30-24)14-17-4-2-1-3-5-17;1-4-17-13-15(3)11-12-18(17)21-19(5-2)25-22(23)20(24-21)14-16-9-7-6-8-10-16;1-13-7-9-16-15(11-13)8-10-17-19(16)22-18(20(21)23-17)12-14-5-3-2-4-6-14;20-19-17(10-12-4-2-1-3-5-12)21-18-15-8-7-14(23)11-13(15)6-9-16(18)22-19;3-1-2-4/h1-13,16,32-34H,14-15H2;4-13H,1-2,14H2,3H3,(H2,23,25);2-11H,12H2,1H3,(H2,21,23);1-9,11,21H,10,20H2;1-2H2. The SMILES string of the molecule is C=Cc1cc(C)ccc1-c1nc(Cc2ccccc2)c(N)nc1C=C.Cc1ccc2c(ccc3nc(N)c(Cc4ccccc4)nc32)c1.ClCCCl.Nc1nc2ccc3cc(=O)ccc3c2[nH]c1Cc1ccccc1.Oc1ccc(Cc2nc3c(Cc4ccccc4)nc4c5ccc(O)cc5ccc4n3c2O)cc1. The molecule has 17 rings (SSSR count). The minimum absolute atomic E-state index is 0.00441. The summed E-state index contributed by atoms with van der Waals surface area (Å²) >= 11 is 10.1. The first-order chi connectivity index (χ1) is 53.0. The van der Waals surface area contributed by atoms with E-state index in [1.807, 2.05) is 152 Å². The van der Waals surface area contributed by atoms with Crippen molar-refractivity contribution in [2.45, 2.75) is 46.0 Å². The molecule has 0 spiro atoms. The maximum absolute atomic E-state index is 11.5. The van der Waals surface area contributed by atoms with Crippen LogP contribution in [0.2, 0.25) is 0 Å². The molecular formula is C91H78Cl2N12O4. The molecule has 12 aromatic carbocycles. The highest BCUT2D eigenvalue weighted by atomic mass is 35.5. The van der Waals surface area contributed by atoms with E-state index in [1.165, 1.54) is 27.6 Å². The van der Waals surface area contributed by atoms with Crippen LogP contribution in [-0.4, -0.2) is 71.4 Å². The fraction of sp³-hybridized carbons (Fsp3) is 0.0989. The molecule has 18 heteroatoms. The molecule has 109 heavy (non-hydrogen) atoms. The average molecular weight is 1470 g/mol. The van der Waals surface area contributed by atoms with Gasteiger partial charge in [0.15, 0.2) is 11.1 Å². The molecule has 0 atom stereocenters. The molecule has 16 nitrogen and oxygen atoms in total. The molecule has 0 amide bonds. The van der Waals surface area contributed by atoms with Gasteiger partial charge in [0, 0.05) is 65.6 Å². The first kappa shape index (κ1) is 74.0. The van der Waals surface area contributed by atoms with Gasteiger partial charge in [-0.15, -0.1) is 23.2 Å². The van der Waals surface area contributed by atoms with Crippen LogP contribution in [-0.2, 0) is 32.1 Å². The number of aromatic hydroxyl groups is 3. The average Bonchev–Trinajstić information content (AvgIpc) is 1.63. The van der Waals surface area contributed by atoms with Gasteiger partial charge in [0.1, 0.15) is 34.6 Å². The zero-order valence-electron chi connectivity index (χ0n) is 60.1. The second-order valence-electron chi connectivity index (χ2n) is 26.3. The number of benzene rings is 12. The summed E-state index contributed by atoms with van der Waals surface area (Å²) in [7, 11) is 0. The molecule has 540 valence electrons.